The summed E-state index contributed by atoms with van der Waals surface area (Å²) in [5, 5.41) is 5.24. The number of piperidine rings is 1. The van der Waals surface area contributed by atoms with Gasteiger partial charge in [0.15, 0.2) is 6.61 Å². The van der Waals surface area contributed by atoms with Crippen molar-refractivity contribution in [1.29, 1.82) is 0 Å². The van der Waals surface area contributed by atoms with E-state index in [0.717, 1.165) is 19.3 Å². The van der Waals surface area contributed by atoms with Gasteiger partial charge in [-0.25, -0.2) is 4.79 Å². The highest BCUT2D eigenvalue weighted by Gasteiger charge is 2.28. The van der Waals surface area contributed by atoms with Crippen molar-refractivity contribution in [3.63, 3.8) is 0 Å². The monoisotopic (exact) mass is 405 g/mol. The minimum Gasteiger partial charge on any atom is -0.484 e. The molecule has 0 spiro atoms. The third-order valence-corrected chi connectivity index (χ3v) is 4.92. The van der Waals surface area contributed by atoms with Gasteiger partial charge in [0.25, 0.3) is 11.8 Å². The summed E-state index contributed by atoms with van der Waals surface area (Å²) >= 11 is 0. The van der Waals surface area contributed by atoms with Crippen molar-refractivity contribution >= 4 is 17.9 Å². The Morgan fingerprint density at radius 3 is 2.28 bits per heavy atom. The molecular weight excluding hydrogens is 374 g/mol. The van der Waals surface area contributed by atoms with Gasteiger partial charge < -0.3 is 25.0 Å². The van der Waals surface area contributed by atoms with Crippen LogP contribution in [-0.4, -0.2) is 61.2 Å². The average molecular weight is 405 g/mol. The van der Waals surface area contributed by atoms with Gasteiger partial charge in [0.05, 0.1) is 6.61 Å². The van der Waals surface area contributed by atoms with Crippen molar-refractivity contribution < 1.29 is 23.9 Å². The highest BCUT2D eigenvalue weighted by atomic mass is 16.5. The standard InChI is InChI=1S/C21H31N3O5/c1-4-28-21(27)23-13-12-22-20(26)17-8-10-18(11-9-17)29-14-19(25)24-15(2)6-5-7-16(24)3/h8-11,15-16H,4-7,12-14H2,1-3H3,(H,22,26)(H,23,27). The SMILES string of the molecule is CCOC(=O)NCCNC(=O)c1ccc(OCC(=O)N2C(C)CCCC2C)cc1. The molecule has 1 aliphatic rings. The third kappa shape index (κ3) is 6.96. The van der Waals surface area contributed by atoms with Crippen molar-refractivity contribution in [3.8, 4) is 5.75 Å². The largest absolute Gasteiger partial charge is 0.484 e. The van der Waals surface area contributed by atoms with Crippen LogP contribution in [0.5, 0.6) is 5.75 Å². The molecule has 0 aliphatic carbocycles. The lowest BCUT2D eigenvalue weighted by Crippen LogP contribution is -2.49. The van der Waals surface area contributed by atoms with Gasteiger partial charge in [-0.2, -0.15) is 0 Å². The zero-order chi connectivity index (χ0) is 21.2. The first-order chi connectivity index (χ1) is 13.9. The number of hydrogen-bond acceptors (Lipinski definition) is 5. The highest BCUT2D eigenvalue weighted by molar-refractivity contribution is 5.94. The van der Waals surface area contributed by atoms with E-state index in [1.807, 2.05) is 4.90 Å². The molecule has 3 amide bonds. The molecule has 1 heterocycles. The number of rotatable bonds is 8. The van der Waals surface area contributed by atoms with Gasteiger partial charge in [0.1, 0.15) is 5.75 Å². The number of ether oxygens (including phenoxy) is 2. The minimum absolute atomic E-state index is 0.0133. The van der Waals surface area contributed by atoms with E-state index >= 15 is 0 Å². The van der Waals surface area contributed by atoms with Crippen LogP contribution in [0.4, 0.5) is 4.79 Å². The van der Waals surface area contributed by atoms with E-state index in [-0.39, 0.29) is 43.6 Å². The molecule has 1 fully saturated rings. The van der Waals surface area contributed by atoms with E-state index in [1.165, 1.54) is 0 Å². The predicted octanol–water partition coefficient (Wildman–Crippen LogP) is 2.33. The van der Waals surface area contributed by atoms with Gasteiger partial charge in [-0.05, 0) is 64.3 Å². The number of nitrogens with zero attached hydrogens (tertiary/aromatic N) is 1. The second-order valence-electron chi connectivity index (χ2n) is 7.15. The average Bonchev–Trinajstić information content (AvgIpc) is 2.70. The first-order valence-electron chi connectivity index (χ1n) is 10.1. The molecular formula is C21H31N3O5. The molecule has 160 valence electrons. The molecule has 0 bridgehead atoms. The molecule has 29 heavy (non-hydrogen) atoms. The van der Waals surface area contributed by atoms with Crippen LogP contribution in [0, 0.1) is 0 Å². The molecule has 0 aromatic heterocycles. The van der Waals surface area contributed by atoms with Crippen LogP contribution in [0.3, 0.4) is 0 Å². The van der Waals surface area contributed by atoms with Gasteiger partial charge in [-0.3, -0.25) is 9.59 Å². The quantitative estimate of drug-likeness (QED) is 0.647. The zero-order valence-electron chi connectivity index (χ0n) is 17.4. The molecule has 8 nitrogen and oxygen atoms in total. The van der Waals surface area contributed by atoms with Crippen molar-refractivity contribution in [1.82, 2.24) is 15.5 Å². The number of benzene rings is 1. The fourth-order valence-corrected chi connectivity index (χ4v) is 3.46. The molecule has 2 rings (SSSR count). The Hall–Kier alpha value is -2.77. The van der Waals surface area contributed by atoms with Crippen LogP contribution >= 0.6 is 0 Å². The van der Waals surface area contributed by atoms with E-state index in [2.05, 4.69) is 24.5 Å². The predicted molar refractivity (Wildman–Crippen MR) is 109 cm³/mol. The number of hydrogen-bond donors (Lipinski definition) is 2. The maximum Gasteiger partial charge on any atom is 0.407 e. The summed E-state index contributed by atoms with van der Waals surface area (Å²) in [7, 11) is 0. The number of likely N-dealkylation sites (tertiary alicyclic amines) is 1. The van der Waals surface area contributed by atoms with Gasteiger partial charge >= 0.3 is 6.09 Å². The van der Waals surface area contributed by atoms with Gasteiger partial charge in [0.2, 0.25) is 0 Å². The van der Waals surface area contributed by atoms with Crippen LogP contribution in [0.2, 0.25) is 0 Å². The molecule has 1 aromatic carbocycles. The Morgan fingerprint density at radius 2 is 1.66 bits per heavy atom. The normalized spacial score (nSPS) is 18.7. The van der Waals surface area contributed by atoms with Crippen molar-refractivity contribution in [2.24, 2.45) is 0 Å². The third-order valence-electron chi connectivity index (χ3n) is 4.92. The summed E-state index contributed by atoms with van der Waals surface area (Å²) in [5.74, 6) is 0.270. The summed E-state index contributed by atoms with van der Waals surface area (Å²) in [6, 6.07) is 7.09. The first kappa shape index (κ1) is 22.5. The van der Waals surface area contributed by atoms with Crippen molar-refractivity contribution in [2.45, 2.75) is 52.1 Å². The molecule has 1 saturated heterocycles. The number of carbonyl (C=O) groups is 3. The van der Waals surface area contributed by atoms with E-state index in [0.29, 0.717) is 17.9 Å². The van der Waals surface area contributed by atoms with Crippen LogP contribution in [-0.2, 0) is 9.53 Å². The molecule has 1 aromatic rings. The molecule has 2 atom stereocenters. The fraction of sp³-hybridized carbons (Fsp3) is 0.571. The topological polar surface area (TPSA) is 97.0 Å². The van der Waals surface area contributed by atoms with Gasteiger partial charge in [-0.15, -0.1) is 0 Å². The van der Waals surface area contributed by atoms with Gasteiger partial charge in [-0.1, -0.05) is 0 Å². The molecule has 2 unspecified atom stereocenters. The number of nitrogens with one attached hydrogen (secondary N) is 2. The van der Waals surface area contributed by atoms with Gasteiger partial charge in [0, 0.05) is 30.7 Å². The summed E-state index contributed by atoms with van der Waals surface area (Å²) in [5.41, 5.74) is 0.470. The molecule has 1 aliphatic heterocycles. The molecule has 0 saturated carbocycles. The number of carbonyl (C=O) groups excluding carboxylic acids is 3. The number of alkyl carbamates (subject to hydrolysis) is 1. The van der Waals surface area contributed by atoms with E-state index in [9.17, 15) is 14.4 Å². The Kier molecular flexibility index (Phi) is 8.76. The van der Waals surface area contributed by atoms with Crippen molar-refractivity contribution in [2.75, 3.05) is 26.3 Å². The maximum absolute atomic E-state index is 12.5. The second-order valence-corrected chi connectivity index (χ2v) is 7.15. The van der Waals surface area contributed by atoms with Crippen LogP contribution < -0.4 is 15.4 Å². The summed E-state index contributed by atoms with van der Waals surface area (Å²) in [6.45, 7) is 6.72. The Labute approximate surface area is 171 Å². The minimum atomic E-state index is -0.508. The smallest absolute Gasteiger partial charge is 0.407 e. The highest BCUT2D eigenvalue weighted by Crippen LogP contribution is 2.23. The lowest BCUT2D eigenvalue weighted by molar-refractivity contribution is -0.139. The van der Waals surface area contributed by atoms with Crippen LogP contribution in [0.1, 0.15) is 50.4 Å². The van der Waals surface area contributed by atoms with Crippen LogP contribution in [0.15, 0.2) is 24.3 Å². The Balaban J connectivity index is 1.75. The summed E-state index contributed by atoms with van der Waals surface area (Å²) in [4.78, 5) is 37.7. The molecule has 2 N–H and O–H groups in total. The molecule has 8 heteroatoms. The summed E-state index contributed by atoms with van der Waals surface area (Å²) < 4.78 is 10.3. The Bertz CT molecular complexity index is 682. The fourth-order valence-electron chi connectivity index (χ4n) is 3.46. The van der Waals surface area contributed by atoms with E-state index in [4.69, 9.17) is 9.47 Å². The first-order valence-corrected chi connectivity index (χ1v) is 10.1. The lowest BCUT2D eigenvalue weighted by atomic mass is 9.97. The van der Waals surface area contributed by atoms with E-state index < -0.39 is 6.09 Å². The molecule has 0 radical (unpaired) electrons. The van der Waals surface area contributed by atoms with Crippen molar-refractivity contribution in [3.05, 3.63) is 29.8 Å². The zero-order valence-corrected chi connectivity index (χ0v) is 17.4. The van der Waals surface area contributed by atoms with E-state index in [1.54, 1.807) is 31.2 Å². The maximum atomic E-state index is 12.5. The van der Waals surface area contributed by atoms with Crippen LogP contribution in [0.25, 0.3) is 0 Å². The second kappa shape index (κ2) is 11.3. The number of amides is 3. The Morgan fingerprint density at radius 1 is 1.03 bits per heavy atom. The lowest BCUT2D eigenvalue weighted by Gasteiger charge is -2.38. The summed E-state index contributed by atoms with van der Waals surface area (Å²) in [6.07, 6.45) is 2.69.